The highest BCUT2D eigenvalue weighted by Gasteiger charge is 2.17. The minimum absolute atomic E-state index is 0.330. The zero-order chi connectivity index (χ0) is 37.2. The Balaban J connectivity index is 0.964. The van der Waals surface area contributed by atoms with Gasteiger partial charge in [0.1, 0.15) is 5.01 Å². The van der Waals surface area contributed by atoms with E-state index in [1.807, 2.05) is 60.7 Å². The molecule has 0 spiro atoms. The molecule has 0 saturated heterocycles. The lowest BCUT2D eigenvalue weighted by Crippen LogP contribution is -2.00. The van der Waals surface area contributed by atoms with E-state index in [0.29, 0.717) is 23.0 Å². The molecule has 0 aliphatic carbocycles. The van der Waals surface area contributed by atoms with Gasteiger partial charge in [-0.05, 0) is 71.8 Å². The van der Waals surface area contributed by atoms with Gasteiger partial charge in [-0.1, -0.05) is 103 Å². The van der Waals surface area contributed by atoms with Gasteiger partial charge in [0.2, 0.25) is 0 Å². The fourth-order valence-corrected chi connectivity index (χ4v) is 8.86. The average molecular weight is 742 g/mol. The number of fused-ring (bicyclic) bond motifs is 5. The summed E-state index contributed by atoms with van der Waals surface area (Å²) < 4.78 is 12.4. The Morgan fingerprint density at radius 3 is 1.87 bits per heavy atom. The number of hydrogen-bond donors (Lipinski definition) is 0. The van der Waals surface area contributed by atoms with Crippen molar-refractivity contribution < 1.29 is 1.37 Å². The molecule has 11 aromatic rings. The Morgan fingerprint density at radius 1 is 0.436 bits per heavy atom. The maximum absolute atomic E-state index is 8.03. The molecule has 0 aliphatic heterocycles. The summed E-state index contributed by atoms with van der Waals surface area (Å²) in [5, 5.41) is 3.32. The van der Waals surface area contributed by atoms with E-state index >= 15 is 0 Å². The number of nitrogens with zero attached hydrogens (tertiary/aromatic N) is 6. The van der Waals surface area contributed by atoms with Crippen molar-refractivity contribution in [3.8, 4) is 61.5 Å². The van der Waals surface area contributed by atoms with Crippen molar-refractivity contribution in [2.45, 2.75) is 0 Å². The van der Waals surface area contributed by atoms with Gasteiger partial charge in [0.15, 0.2) is 17.5 Å². The number of para-hydroxylation sites is 1. The summed E-state index contributed by atoms with van der Waals surface area (Å²) in [6.07, 6.45) is 0. The van der Waals surface area contributed by atoms with Gasteiger partial charge in [-0.2, -0.15) is 0 Å². The van der Waals surface area contributed by atoms with Gasteiger partial charge >= 0.3 is 0 Å². The summed E-state index contributed by atoms with van der Waals surface area (Å²) in [6, 6.07) is 56.5. The number of hydrogen-bond acceptors (Lipinski definition) is 7. The smallest absolute Gasteiger partial charge is 0.164 e. The maximum Gasteiger partial charge on any atom is 0.164 e. The van der Waals surface area contributed by atoms with Gasteiger partial charge in [-0.15, -0.1) is 22.7 Å². The molecule has 0 atom stereocenters. The van der Waals surface area contributed by atoms with Gasteiger partial charge in [0.05, 0.1) is 38.3 Å². The Morgan fingerprint density at radius 2 is 1.07 bits per heavy atom. The van der Waals surface area contributed by atoms with Crippen LogP contribution in [0.25, 0.3) is 104 Å². The van der Waals surface area contributed by atoms with Crippen LogP contribution in [0, 0.1) is 0 Å². The standard InChI is InChI=1S/C47H28N6S2/c1-3-10-29(11-4-1)44-50-45(30-12-5-2-6-13-30)52-46(51-44)33-19-22-43-39(26-33)49-47(55-43)34-15-9-14-31(24-34)32-18-21-41-37(25-32)36-16-7-8-17-40(36)53(41)35-20-23-42-38(27-35)48-28-54-42/h1-28H/i28D. The average Bonchev–Trinajstić information content (AvgIpc) is 3.96. The van der Waals surface area contributed by atoms with Gasteiger partial charge in [0.25, 0.3) is 0 Å². The highest BCUT2D eigenvalue weighted by molar-refractivity contribution is 7.21. The Bertz CT molecular complexity index is 3220. The molecule has 7 aromatic carbocycles. The van der Waals surface area contributed by atoms with Crippen molar-refractivity contribution in [3.63, 3.8) is 0 Å². The van der Waals surface area contributed by atoms with Gasteiger partial charge in [-0.25, -0.2) is 24.9 Å². The molecule has 0 unspecified atom stereocenters. The highest BCUT2D eigenvalue weighted by Crippen LogP contribution is 2.38. The van der Waals surface area contributed by atoms with Crippen LogP contribution in [0.3, 0.4) is 0 Å². The fourth-order valence-electron chi connectivity index (χ4n) is 7.33. The van der Waals surface area contributed by atoms with Crippen LogP contribution in [-0.2, 0) is 0 Å². The molecular weight excluding hydrogens is 713 g/mol. The monoisotopic (exact) mass is 741 g/mol. The second-order valence-corrected chi connectivity index (χ2v) is 15.2. The van der Waals surface area contributed by atoms with Crippen LogP contribution < -0.4 is 0 Å². The van der Waals surface area contributed by atoms with Crippen LogP contribution in [0.15, 0.2) is 169 Å². The quantitative estimate of drug-likeness (QED) is 0.170. The Hall–Kier alpha value is -6.87. The molecule has 0 aliphatic rings. The highest BCUT2D eigenvalue weighted by atomic mass is 32.1. The summed E-state index contributed by atoms with van der Waals surface area (Å²) in [7, 11) is 0. The first-order valence-electron chi connectivity index (χ1n) is 18.4. The molecule has 4 heterocycles. The molecule has 0 fully saturated rings. The first kappa shape index (κ1) is 30.6. The predicted molar refractivity (Wildman–Crippen MR) is 228 cm³/mol. The largest absolute Gasteiger partial charge is 0.309 e. The first-order valence-corrected chi connectivity index (χ1v) is 19.5. The molecule has 8 heteroatoms. The van der Waals surface area contributed by atoms with E-state index in [2.05, 4.69) is 113 Å². The fraction of sp³-hybridized carbons (Fsp3) is 0. The van der Waals surface area contributed by atoms with Gasteiger partial charge < -0.3 is 4.57 Å². The number of rotatable bonds is 6. The van der Waals surface area contributed by atoms with E-state index in [1.165, 1.54) is 22.1 Å². The van der Waals surface area contributed by atoms with E-state index in [4.69, 9.17) is 21.3 Å². The molecule has 0 bridgehead atoms. The zero-order valence-corrected chi connectivity index (χ0v) is 30.7. The third-order valence-electron chi connectivity index (χ3n) is 9.98. The molecule has 0 saturated carbocycles. The normalized spacial score (nSPS) is 11.9. The molecule has 0 radical (unpaired) electrons. The molecule has 55 heavy (non-hydrogen) atoms. The van der Waals surface area contributed by atoms with Gasteiger partial charge in [0, 0.05) is 38.7 Å². The van der Waals surface area contributed by atoms with Crippen LogP contribution in [0.2, 0.25) is 0 Å². The van der Waals surface area contributed by atoms with Crippen LogP contribution in [0.5, 0.6) is 0 Å². The second-order valence-electron chi connectivity index (χ2n) is 13.4. The minimum Gasteiger partial charge on any atom is -0.309 e. The van der Waals surface area contributed by atoms with Crippen LogP contribution in [-0.4, -0.2) is 29.5 Å². The molecule has 0 N–H and O–H groups in total. The molecule has 11 rings (SSSR count). The summed E-state index contributed by atoms with van der Waals surface area (Å²) in [4.78, 5) is 24.3. The van der Waals surface area contributed by atoms with Crippen LogP contribution in [0.4, 0.5) is 0 Å². The summed E-state index contributed by atoms with van der Waals surface area (Å²) in [6.45, 7) is 0. The number of thiazole rings is 2. The third-order valence-corrected chi connectivity index (χ3v) is 11.8. The Kier molecular flexibility index (Phi) is 7.18. The van der Waals surface area contributed by atoms with Crippen molar-refractivity contribution in [2.24, 2.45) is 0 Å². The van der Waals surface area contributed by atoms with E-state index < -0.39 is 0 Å². The zero-order valence-electron chi connectivity index (χ0n) is 30.1. The molecule has 258 valence electrons. The van der Waals surface area contributed by atoms with Crippen molar-refractivity contribution >= 4 is 64.9 Å². The van der Waals surface area contributed by atoms with Crippen LogP contribution >= 0.6 is 22.7 Å². The van der Waals surface area contributed by atoms with E-state index in [0.717, 1.165) is 75.5 Å². The first-order chi connectivity index (χ1) is 27.6. The summed E-state index contributed by atoms with van der Waals surface area (Å²) in [5.74, 6) is 1.88. The van der Waals surface area contributed by atoms with E-state index in [1.54, 1.807) is 11.3 Å². The lowest BCUT2D eigenvalue weighted by atomic mass is 10.0. The topological polar surface area (TPSA) is 69.4 Å². The van der Waals surface area contributed by atoms with E-state index in [-0.39, 0.29) is 0 Å². The molecule has 0 amide bonds. The summed E-state index contributed by atoms with van der Waals surface area (Å²) in [5.41, 5.74) is 11.5. The predicted octanol–water partition coefficient (Wildman–Crippen LogP) is 12.5. The van der Waals surface area contributed by atoms with Crippen molar-refractivity contribution in [1.82, 2.24) is 29.5 Å². The van der Waals surface area contributed by atoms with E-state index in [9.17, 15) is 0 Å². The number of benzene rings is 7. The van der Waals surface area contributed by atoms with Gasteiger partial charge in [-0.3, -0.25) is 0 Å². The molecule has 4 aromatic heterocycles. The SMILES string of the molecule is [2H]c1nc2cc(-n3c4ccccc4c4cc(-c5cccc(-c6nc7cc(-c8nc(-c9ccccc9)nc(-c9ccccc9)n8)ccc7s6)c5)ccc43)ccc2s1. The third kappa shape index (κ3) is 5.58. The van der Waals surface area contributed by atoms with Crippen LogP contribution in [0.1, 0.15) is 1.37 Å². The molecule has 6 nitrogen and oxygen atoms in total. The lowest BCUT2D eigenvalue weighted by molar-refractivity contribution is 1.07. The maximum atomic E-state index is 8.03. The van der Waals surface area contributed by atoms with Crippen molar-refractivity contribution in [3.05, 3.63) is 169 Å². The van der Waals surface area contributed by atoms with Crippen molar-refractivity contribution in [2.75, 3.05) is 0 Å². The second kappa shape index (κ2) is 12.9. The lowest BCUT2D eigenvalue weighted by Gasteiger charge is -2.09. The Labute approximate surface area is 325 Å². The number of aromatic nitrogens is 6. The minimum atomic E-state index is 0.330. The summed E-state index contributed by atoms with van der Waals surface area (Å²) >= 11 is 3.08. The van der Waals surface area contributed by atoms with Crippen molar-refractivity contribution in [1.29, 1.82) is 0 Å². The molecular formula is C47H28N6S2.